The first kappa shape index (κ1) is 29.0. The van der Waals surface area contributed by atoms with Gasteiger partial charge in [0.15, 0.2) is 0 Å². The van der Waals surface area contributed by atoms with Gasteiger partial charge in [0.05, 0.1) is 0 Å². The Morgan fingerprint density at radius 2 is 1.03 bits per heavy atom. The first-order chi connectivity index (χ1) is 15.9. The summed E-state index contributed by atoms with van der Waals surface area (Å²) < 4.78 is 11.8. The molecule has 2 rings (SSSR count). The molecule has 0 aromatic heterocycles. The van der Waals surface area contributed by atoms with Crippen molar-refractivity contribution >= 4 is 11.9 Å². The molecule has 0 spiro atoms. The van der Waals surface area contributed by atoms with Gasteiger partial charge in [-0.3, -0.25) is 19.3 Å². The van der Waals surface area contributed by atoms with Gasteiger partial charge >= 0.3 is 11.9 Å². The Hall–Kier alpha value is -1.22. The highest BCUT2D eigenvalue weighted by Crippen LogP contribution is 2.37. The number of carbonyl (C=O) groups excluding carboxylic acids is 2. The van der Waals surface area contributed by atoms with E-state index in [1.54, 1.807) is 0 Å². The Balaban J connectivity index is 1.79. The van der Waals surface area contributed by atoms with Gasteiger partial charge in [-0.15, -0.1) is 0 Å². The number of unbranched alkanes of at least 4 members (excludes halogenated alkanes) is 1. The smallest absolute Gasteiger partial charge is 0.307 e. The molecule has 2 heterocycles. The molecule has 2 aliphatic heterocycles. The largest absolute Gasteiger partial charge is 0.439 e. The molecule has 0 radical (unpaired) electrons. The fraction of sp³-hybridized carbons (Fsp3) is 0.923. The van der Waals surface area contributed by atoms with Gasteiger partial charge in [-0.25, -0.2) is 0 Å². The van der Waals surface area contributed by atoms with Gasteiger partial charge in [0.2, 0.25) is 11.4 Å². The zero-order valence-corrected chi connectivity index (χ0v) is 22.6. The first-order valence-electron chi connectivity index (χ1n) is 13.2. The summed E-state index contributed by atoms with van der Waals surface area (Å²) in [5.74, 6) is 1.07. The highest BCUT2D eigenvalue weighted by Gasteiger charge is 2.53. The Morgan fingerprint density at radius 1 is 0.676 bits per heavy atom. The summed E-state index contributed by atoms with van der Waals surface area (Å²) in [4.78, 5) is 36.3. The lowest BCUT2D eigenvalue weighted by Gasteiger charge is -2.49. The van der Waals surface area contributed by atoms with Crippen molar-refractivity contribution in [3.63, 3.8) is 0 Å². The molecule has 2 aliphatic rings. The Morgan fingerprint density at radius 3 is 1.26 bits per heavy atom. The average molecular weight is 485 g/mol. The third-order valence-electron chi connectivity index (χ3n) is 6.19. The van der Waals surface area contributed by atoms with E-state index in [2.05, 4.69) is 66.4 Å². The van der Waals surface area contributed by atoms with E-state index in [1.165, 1.54) is 0 Å². The van der Waals surface area contributed by atoms with Crippen LogP contribution in [0.4, 0.5) is 0 Å². The molecule has 0 bridgehead atoms. The molecule has 2 fully saturated rings. The number of ether oxygens (including phenoxy) is 2. The number of hydrogen-bond acceptors (Lipinski definition) is 8. The molecule has 0 aromatic carbocycles. The zero-order chi connectivity index (χ0) is 25.5. The monoisotopic (exact) mass is 484 g/mol. The number of hydrogen-bond donors (Lipinski definition) is 2. The summed E-state index contributed by atoms with van der Waals surface area (Å²) in [5, 5.41) is 0. The van der Waals surface area contributed by atoms with Crippen molar-refractivity contribution in [2.24, 2.45) is 23.7 Å². The van der Waals surface area contributed by atoms with Gasteiger partial charge in [-0.2, -0.15) is 11.0 Å². The van der Waals surface area contributed by atoms with E-state index in [9.17, 15) is 9.59 Å². The second-order valence-corrected chi connectivity index (χ2v) is 11.8. The summed E-state index contributed by atoms with van der Waals surface area (Å²) in [6, 6.07) is 0. The van der Waals surface area contributed by atoms with E-state index < -0.39 is 11.4 Å². The van der Waals surface area contributed by atoms with Crippen LogP contribution in [0.5, 0.6) is 0 Å². The van der Waals surface area contributed by atoms with Crippen LogP contribution in [0.25, 0.3) is 0 Å². The molecule has 0 aromatic rings. The van der Waals surface area contributed by atoms with Gasteiger partial charge < -0.3 is 9.47 Å². The lowest BCUT2D eigenvalue weighted by molar-refractivity contribution is -0.327. The van der Waals surface area contributed by atoms with Crippen molar-refractivity contribution in [1.29, 1.82) is 0 Å². The van der Waals surface area contributed by atoms with Crippen LogP contribution < -0.4 is 11.0 Å². The number of esters is 2. The molecule has 0 amide bonds. The van der Waals surface area contributed by atoms with Crippen LogP contribution in [0.1, 0.15) is 107 Å². The molecule has 4 atom stereocenters. The van der Waals surface area contributed by atoms with Gasteiger partial charge in [0, 0.05) is 25.7 Å². The van der Waals surface area contributed by atoms with E-state index in [1.807, 2.05) is 0 Å². The van der Waals surface area contributed by atoms with Gasteiger partial charge in [-0.05, 0) is 49.4 Å². The lowest BCUT2D eigenvalue weighted by Crippen LogP contribution is -2.70. The average Bonchev–Trinajstić information content (AvgIpc) is 2.70. The summed E-state index contributed by atoms with van der Waals surface area (Å²) in [6.45, 7) is 16.9. The summed E-state index contributed by atoms with van der Waals surface area (Å²) in [6.07, 6.45) is 4.44. The first-order valence-corrected chi connectivity index (χ1v) is 13.2. The van der Waals surface area contributed by atoms with Crippen molar-refractivity contribution in [3.8, 4) is 0 Å². The molecule has 198 valence electrons. The van der Waals surface area contributed by atoms with Crippen molar-refractivity contribution in [2.75, 3.05) is 0 Å². The second-order valence-electron chi connectivity index (χ2n) is 11.8. The Kier molecular flexibility index (Phi) is 10.8. The van der Waals surface area contributed by atoms with E-state index in [-0.39, 0.29) is 37.0 Å². The number of nitrogens with one attached hydrogen (secondary N) is 2. The predicted molar refractivity (Wildman–Crippen MR) is 130 cm³/mol. The van der Waals surface area contributed by atoms with E-state index >= 15 is 0 Å². The number of carbonyl (C=O) groups is 2. The van der Waals surface area contributed by atoms with Crippen molar-refractivity contribution < 1.29 is 28.7 Å². The quantitative estimate of drug-likeness (QED) is 0.247. The van der Waals surface area contributed by atoms with Crippen LogP contribution in [-0.2, 0) is 28.7 Å². The summed E-state index contributed by atoms with van der Waals surface area (Å²) >= 11 is 0. The second kappa shape index (κ2) is 12.7. The van der Waals surface area contributed by atoms with Crippen molar-refractivity contribution in [1.82, 2.24) is 11.0 Å². The maximum absolute atomic E-state index is 12.6. The maximum Gasteiger partial charge on any atom is 0.307 e. The molecular formula is C26H48N2O6. The minimum absolute atomic E-state index is 0.137. The Bertz CT molecular complexity index is 612. The molecule has 2 saturated heterocycles. The van der Waals surface area contributed by atoms with Gasteiger partial charge in [-0.1, -0.05) is 55.4 Å². The van der Waals surface area contributed by atoms with Crippen LogP contribution >= 0.6 is 0 Å². The van der Waals surface area contributed by atoms with Crippen LogP contribution in [0.3, 0.4) is 0 Å². The third kappa shape index (κ3) is 8.18. The predicted octanol–water partition coefficient (Wildman–Crippen LogP) is 5.02. The van der Waals surface area contributed by atoms with Gasteiger partial charge in [0.25, 0.3) is 0 Å². The van der Waals surface area contributed by atoms with Crippen LogP contribution in [0.15, 0.2) is 0 Å². The fourth-order valence-electron chi connectivity index (χ4n) is 4.74. The van der Waals surface area contributed by atoms with E-state index in [0.29, 0.717) is 49.4 Å². The zero-order valence-electron chi connectivity index (χ0n) is 22.6. The minimum Gasteiger partial charge on any atom is -0.439 e. The molecule has 34 heavy (non-hydrogen) atoms. The van der Waals surface area contributed by atoms with E-state index in [0.717, 1.165) is 12.8 Å². The molecule has 0 saturated carbocycles. The lowest BCUT2D eigenvalue weighted by atomic mass is 9.88. The fourth-order valence-corrected chi connectivity index (χ4v) is 4.74. The SMILES string of the molecule is CC(C)CC1ONC1(CC(C)C)OC(=O)CCCCC(=O)OC1(CC(C)C)NOC1CC(C)C. The van der Waals surface area contributed by atoms with Crippen LogP contribution in [0, 0.1) is 23.7 Å². The number of rotatable bonds is 15. The highest BCUT2D eigenvalue weighted by atomic mass is 16.8. The van der Waals surface area contributed by atoms with Gasteiger partial charge in [0.1, 0.15) is 12.2 Å². The Labute approximate surface area is 206 Å². The standard InChI is InChI=1S/C26H48N2O6/c1-17(2)13-21-25(27-33-21,15-19(5)6)31-23(29)11-9-10-12-24(30)32-26(16-20(7)8)22(34-28-26)14-18(3)4/h17-22,27-28H,9-16H2,1-8H3. The van der Waals surface area contributed by atoms with Crippen LogP contribution in [0.2, 0.25) is 0 Å². The normalized spacial score (nSPS) is 28.8. The summed E-state index contributed by atoms with van der Waals surface area (Å²) in [7, 11) is 0. The van der Waals surface area contributed by atoms with Crippen LogP contribution in [-0.4, -0.2) is 35.6 Å². The summed E-state index contributed by atoms with van der Waals surface area (Å²) in [5.41, 5.74) is 4.34. The van der Waals surface area contributed by atoms with Crippen molar-refractivity contribution in [3.05, 3.63) is 0 Å². The molecule has 8 nitrogen and oxygen atoms in total. The van der Waals surface area contributed by atoms with Crippen molar-refractivity contribution in [2.45, 2.75) is 130 Å². The topological polar surface area (TPSA) is 95.1 Å². The minimum atomic E-state index is -0.751. The molecule has 0 aliphatic carbocycles. The molecule has 2 N–H and O–H groups in total. The van der Waals surface area contributed by atoms with E-state index in [4.69, 9.17) is 19.1 Å². The number of hydroxylamine groups is 2. The molecular weight excluding hydrogens is 436 g/mol. The maximum atomic E-state index is 12.6. The highest BCUT2D eigenvalue weighted by molar-refractivity contribution is 5.71. The molecule has 4 unspecified atom stereocenters. The third-order valence-corrected chi connectivity index (χ3v) is 6.19. The molecule has 8 heteroatoms.